The van der Waals surface area contributed by atoms with Crippen molar-refractivity contribution in [3.8, 4) is 11.5 Å². The Morgan fingerprint density at radius 3 is 2.46 bits per heavy atom. The molecule has 7 heteroatoms. The van der Waals surface area contributed by atoms with Crippen LogP contribution in [0.2, 0.25) is 0 Å². The van der Waals surface area contributed by atoms with Gasteiger partial charge in [0.15, 0.2) is 5.78 Å². The maximum Gasteiger partial charge on any atom is 0.325 e. The van der Waals surface area contributed by atoms with Gasteiger partial charge in [0.1, 0.15) is 24.7 Å². The molecule has 0 heterocycles. The Hall–Kier alpha value is -3.35. The molecule has 7 nitrogen and oxygen atoms in total. The number of carbonyl (C=O) groups excluding carboxylic acids is 3. The number of para-hydroxylation sites is 1. The van der Waals surface area contributed by atoms with Crippen LogP contribution in [0.25, 0.3) is 0 Å². The number of benzene rings is 2. The number of hydrogen-bond acceptors (Lipinski definition) is 6. The zero-order chi connectivity index (χ0) is 20.5. The molecule has 1 amide bonds. The summed E-state index contributed by atoms with van der Waals surface area (Å²) < 4.78 is 15.8. The quantitative estimate of drug-likeness (QED) is 0.527. The number of esters is 1. The maximum atomic E-state index is 12.2. The molecule has 0 radical (unpaired) electrons. The van der Waals surface area contributed by atoms with Crippen molar-refractivity contribution in [3.63, 3.8) is 0 Å². The molecule has 1 N–H and O–H groups in total. The highest BCUT2D eigenvalue weighted by molar-refractivity contribution is 5.98. The second kappa shape index (κ2) is 10.1. The first-order chi connectivity index (χ1) is 13.5. The van der Waals surface area contributed by atoms with E-state index in [9.17, 15) is 14.4 Å². The average molecular weight is 385 g/mol. The van der Waals surface area contributed by atoms with E-state index in [0.717, 1.165) is 0 Å². The van der Waals surface area contributed by atoms with Gasteiger partial charge in [0, 0.05) is 11.1 Å². The summed E-state index contributed by atoms with van der Waals surface area (Å²) in [4.78, 5) is 35.8. The monoisotopic (exact) mass is 385 g/mol. The number of Topliss-reactive ketones (excluding diaryl/α,β-unsaturated/α-hetero) is 1. The van der Waals surface area contributed by atoms with Crippen LogP contribution in [0.15, 0.2) is 42.5 Å². The van der Waals surface area contributed by atoms with Crippen molar-refractivity contribution < 1.29 is 28.6 Å². The van der Waals surface area contributed by atoms with Gasteiger partial charge in [-0.15, -0.1) is 0 Å². The summed E-state index contributed by atoms with van der Waals surface area (Å²) in [6.45, 7) is 3.36. The minimum absolute atomic E-state index is 0.0696. The van der Waals surface area contributed by atoms with E-state index in [0.29, 0.717) is 34.8 Å². The van der Waals surface area contributed by atoms with Gasteiger partial charge in [-0.2, -0.15) is 0 Å². The van der Waals surface area contributed by atoms with Gasteiger partial charge >= 0.3 is 5.97 Å². The molecule has 0 saturated heterocycles. The van der Waals surface area contributed by atoms with Gasteiger partial charge in [-0.1, -0.05) is 12.1 Å². The summed E-state index contributed by atoms with van der Waals surface area (Å²) in [5.74, 6) is -0.198. The molecule has 0 aliphatic carbocycles. The summed E-state index contributed by atoms with van der Waals surface area (Å²) in [5.41, 5.74) is 1.41. The number of amides is 1. The Labute approximate surface area is 163 Å². The molecule has 0 aliphatic heterocycles. The lowest BCUT2D eigenvalue weighted by atomic mass is 10.1. The van der Waals surface area contributed by atoms with Crippen molar-refractivity contribution in [2.45, 2.75) is 20.5 Å². The van der Waals surface area contributed by atoms with E-state index in [1.54, 1.807) is 42.5 Å². The molecule has 148 valence electrons. The maximum absolute atomic E-state index is 12.2. The Kier molecular flexibility index (Phi) is 7.56. The molecular weight excluding hydrogens is 362 g/mol. The molecule has 0 aliphatic rings. The van der Waals surface area contributed by atoms with Gasteiger partial charge in [-0.3, -0.25) is 14.4 Å². The van der Waals surface area contributed by atoms with Gasteiger partial charge in [-0.05, 0) is 44.2 Å². The first-order valence-corrected chi connectivity index (χ1v) is 8.79. The Morgan fingerprint density at radius 1 is 1.04 bits per heavy atom. The fraction of sp³-hybridized carbons (Fsp3) is 0.286. The molecule has 2 aromatic carbocycles. The number of hydrogen-bond donors (Lipinski definition) is 1. The molecule has 0 atom stereocenters. The standard InChI is InChI=1S/C21H23NO6/c1-4-27-18-10-9-15(14(2)23)11-16(18)13-28-20(24)12-22-21(25)17-7-5-6-8-19(17)26-3/h5-11H,4,12-13H2,1-3H3,(H,22,25). The molecule has 0 unspecified atom stereocenters. The van der Waals surface area contributed by atoms with E-state index in [1.807, 2.05) is 6.92 Å². The number of rotatable bonds is 9. The van der Waals surface area contributed by atoms with Gasteiger partial charge < -0.3 is 19.5 Å². The van der Waals surface area contributed by atoms with Crippen molar-refractivity contribution in [1.82, 2.24) is 5.32 Å². The van der Waals surface area contributed by atoms with Gasteiger partial charge in [0.25, 0.3) is 5.91 Å². The van der Waals surface area contributed by atoms with E-state index in [2.05, 4.69) is 5.32 Å². The second-order valence-electron chi connectivity index (χ2n) is 5.86. The van der Waals surface area contributed by atoms with Crippen LogP contribution in [-0.2, 0) is 16.1 Å². The summed E-state index contributed by atoms with van der Waals surface area (Å²) in [7, 11) is 1.46. The average Bonchev–Trinajstić information content (AvgIpc) is 2.71. The fourth-order valence-electron chi connectivity index (χ4n) is 2.50. The summed E-state index contributed by atoms with van der Waals surface area (Å²) >= 11 is 0. The summed E-state index contributed by atoms with van der Waals surface area (Å²) in [5, 5.41) is 2.50. The van der Waals surface area contributed by atoms with Crippen LogP contribution in [-0.4, -0.2) is 37.9 Å². The molecular formula is C21H23NO6. The SMILES string of the molecule is CCOc1ccc(C(C)=O)cc1COC(=O)CNC(=O)c1ccccc1OC. The predicted molar refractivity (Wildman–Crippen MR) is 103 cm³/mol. The van der Waals surface area contributed by atoms with E-state index in [4.69, 9.17) is 14.2 Å². The Bertz CT molecular complexity index is 862. The van der Waals surface area contributed by atoms with Crippen molar-refractivity contribution in [3.05, 3.63) is 59.2 Å². The normalized spacial score (nSPS) is 10.1. The molecule has 28 heavy (non-hydrogen) atoms. The third-order valence-electron chi connectivity index (χ3n) is 3.90. The number of methoxy groups -OCH3 is 1. The van der Waals surface area contributed by atoms with Crippen LogP contribution in [0.4, 0.5) is 0 Å². The van der Waals surface area contributed by atoms with Crippen LogP contribution in [0.5, 0.6) is 11.5 Å². The van der Waals surface area contributed by atoms with Crippen LogP contribution in [0, 0.1) is 0 Å². The van der Waals surface area contributed by atoms with Crippen LogP contribution in [0.1, 0.15) is 40.1 Å². The summed E-state index contributed by atoms with van der Waals surface area (Å²) in [6, 6.07) is 11.7. The number of ether oxygens (including phenoxy) is 3. The molecule has 0 bridgehead atoms. The Balaban J connectivity index is 1.96. The first-order valence-electron chi connectivity index (χ1n) is 8.79. The van der Waals surface area contributed by atoms with E-state index >= 15 is 0 Å². The van der Waals surface area contributed by atoms with Gasteiger partial charge in [0.2, 0.25) is 0 Å². The number of ketones is 1. The molecule has 0 aromatic heterocycles. The first kappa shape index (κ1) is 21.0. The Morgan fingerprint density at radius 2 is 1.79 bits per heavy atom. The highest BCUT2D eigenvalue weighted by Gasteiger charge is 2.14. The van der Waals surface area contributed by atoms with Crippen molar-refractivity contribution in [2.24, 2.45) is 0 Å². The highest BCUT2D eigenvalue weighted by Crippen LogP contribution is 2.22. The van der Waals surface area contributed by atoms with Crippen LogP contribution >= 0.6 is 0 Å². The zero-order valence-corrected chi connectivity index (χ0v) is 16.1. The van der Waals surface area contributed by atoms with Gasteiger partial charge in [0.05, 0.1) is 19.3 Å². The second-order valence-corrected chi connectivity index (χ2v) is 5.86. The smallest absolute Gasteiger partial charge is 0.325 e. The lowest BCUT2D eigenvalue weighted by Gasteiger charge is -2.12. The van der Waals surface area contributed by atoms with E-state index in [-0.39, 0.29) is 18.9 Å². The molecule has 2 rings (SSSR count). The number of carbonyl (C=O) groups is 3. The highest BCUT2D eigenvalue weighted by atomic mass is 16.5. The van der Waals surface area contributed by atoms with Gasteiger partial charge in [-0.25, -0.2) is 0 Å². The molecule has 2 aromatic rings. The third-order valence-corrected chi connectivity index (χ3v) is 3.90. The van der Waals surface area contributed by atoms with Crippen molar-refractivity contribution in [2.75, 3.05) is 20.3 Å². The largest absolute Gasteiger partial charge is 0.496 e. The lowest BCUT2D eigenvalue weighted by Crippen LogP contribution is -2.30. The minimum atomic E-state index is -0.612. The number of nitrogens with one attached hydrogen (secondary N) is 1. The lowest BCUT2D eigenvalue weighted by molar-refractivity contribution is -0.143. The van der Waals surface area contributed by atoms with Crippen molar-refractivity contribution >= 4 is 17.7 Å². The van der Waals surface area contributed by atoms with Crippen LogP contribution in [0.3, 0.4) is 0 Å². The van der Waals surface area contributed by atoms with E-state index < -0.39 is 11.9 Å². The molecule has 0 spiro atoms. The summed E-state index contributed by atoms with van der Waals surface area (Å²) in [6.07, 6.45) is 0. The van der Waals surface area contributed by atoms with Crippen LogP contribution < -0.4 is 14.8 Å². The van der Waals surface area contributed by atoms with E-state index in [1.165, 1.54) is 14.0 Å². The fourth-order valence-corrected chi connectivity index (χ4v) is 2.50. The predicted octanol–water partition coefficient (Wildman–Crippen LogP) is 2.77. The minimum Gasteiger partial charge on any atom is -0.496 e. The molecule has 0 fully saturated rings. The zero-order valence-electron chi connectivity index (χ0n) is 16.1. The topological polar surface area (TPSA) is 90.9 Å². The van der Waals surface area contributed by atoms with Crippen molar-refractivity contribution in [1.29, 1.82) is 0 Å². The third kappa shape index (κ3) is 5.57. The molecule has 0 saturated carbocycles.